The number of hydrogen-bond donors (Lipinski definition) is 1. The first kappa shape index (κ1) is 19.6. The predicted molar refractivity (Wildman–Crippen MR) is 113 cm³/mol. The van der Waals surface area contributed by atoms with E-state index in [2.05, 4.69) is 5.32 Å². The molecular weight excluding hydrogens is 383 g/mol. The van der Waals surface area contributed by atoms with Crippen molar-refractivity contribution in [1.82, 2.24) is 0 Å². The Labute approximate surface area is 174 Å². The van der Waals surface area contributed by atoms with Gasteiger partial charge < -0.3 is 15.0 Å². The van der Waals surface area contributed by atoms with Crippen molar-refractivity contribution in [1.29, 1.82) is 0 Å². The summed E-state index contributed by atoms with van der Waals surface area (Å²) in [5.74, 6) is -0.499. The second-order valence-corrected chi connectivity index (χ2v) is 7.26. The lowest BCUT2D eigenvalue weighted by molar-refractivity contribution is -0.125. The second kappa shape index (κ2) is 7.99. The maximum Gasteiger partial charge on any atom is 0.268 e. The van der Waals surface area contributed by atoms with Gasteiger partial charge in [-0.2, -0.15) is 0 Å². The first-order chi connectivity index (χ1) is 14.4. The molecule has 0 aromatic heterocycles. The summed E-state index contributed by atoms with van der Waals surface area (Å²) in [5.41, 5.74) is 3.40. The normalized spacial score (nSPS) is 15.4. The molecule has 6 heteroatoms. The Hall–Kier alpha value is -3.67. The number of amides is 2. The first-order valence-electron chi connectivity index (χ1n) is 9.66. The fourth-order valence-corrected chi connectivity index (χ4v) is 3.44. The minimum atomic E-state index is -0.603. The summed E-state index contributed by atoms with van der Waals surface area (Å²) < 4.78 is 19.2. The van der Waals surface area contributed by atoms with Gasteiger partial charge in [0, 0.05) is 11.3 Å². The van der Waals surface area contributed by atoms with Crippen molar-refractivity contribution in [2.75, 3.05) is 10.2 Å². The van der Waals surface area contributed by atoms with E-state index in [1.54, 1.807) is 30.0 Å². The van der Waals surface area contributed by atoms with Crippen molar-refractivity contribution in [2.24, 2.45) is 0 Å². The first-order valence-corrected chi connectivity index (χ1v) is 9.66. The SMILES string of the molecule is Cc1ccccc1CN1C(=O)C(C)Oc2ccc(NC(=O)c3cccc(F)c3)cc21. The van der Waals surface area contributed by atoms with Gasteiger partial charge >= 0.3 is 0 Å². The molecule has 0 saturated carbocycles. The highest BCUT2D eigenvalue weighted by Gasteiger charge is 2.32. The number of hydrogen-bond acceptors (Lipinski definition) is 3. The number of aryl methyl sites for hydroxylation is 1. The van der Waals surface area contributed by atoms with E-state index in [0.29, 0.717) is 23.7 Å². The minimum absolute atomic E-state index is 0.153. The standard InChI is InChI=1S/C24H21FN2O3/c1-15-6-3-4-7-18(15)14-27-21-13-20(10-11-22(21)30-16(2)24(27)29)26-23(28)17-8-5-9-19(25)12-17/h3-13,16H,14H2,1-2H3,(H,26,28). The topological polar surface area (TPSA) is 58.6 Å². The molecule has 0 aliphatic carbocycles. The van der Waals surface area contributed by atoms with Crippen LogP contribution in [0.5, 0.6) is 5.75 Å². The molecule has 0 radical (unpaired) electrons. The molecule has 152 valence electrons. The lowest BCUT2D eigenvalue weighted by atomic mass is 10.1. The third kappa shape index (κ3) is 3.89. The molecule has 1 heterocycles. The van der Waals surface area contributed by atoms with Gasteiger partial charge in [0.2, 0.25) is 0 Å². The molecule has 0 saturated heterocycles. The van der Waals surface area contributed by atoms with E-state index in [4.69, 9.17) is 4.74 Å². The molecular formula is C24H21FN2O3. The van der Waals surface area contributed by atoms with E-state index in [1.165, 1.54) is 24.3 Å². The fraction of sp³-hybridized carbons (Fsp3) is 0.167. The molecule has 1 atom stereocenters. The number of ether oxygens (including phenoxy) is 1. The van der Waals surface area contributed by atoms with Crippen LogP contribution in [0.15, 0.2) is 66.7 Å². The van der Waals surface area contributed by atoms with Crippen LogP contribution in [0.3, 0.4) is 0 Å². The number of halogens is 1. The number of carbonyl (C=O) groups excluding carboxylic acids is 2. The van der Waals surface area contributed by atoms with Crippen molar-refractivity contribution >= 4 is 23.2 Å². The van der Waals surface area contributed by atoms with E-state index in [1.807, 2.05) is 31.2 Å². The fourth-order valence-electron chi connectivity index (χ4n) is 3.44. The number of fused-ring (bicyclic) bond motifs is 1. The van der Waals surface area contributed by atoms with Gasteiger partial charge in [-0.3, -0.25) is 9.59 Å². The monoisotopic (exact) mass is 404 g/mol. The van der Waals surface area contributed by atoms with Crippen LogP contribution >= 0.6 is 0 Å². The third-order valence-electron chi connectivity index (χ3n) is 5.10. The largest absolute Gasteiger partial charge is 0.479 e. The van der Waals surface area contributed by atoms with Crippen LogP contribution in [0.1, 0.15) is 28.4 Å². The smallest absolute Gasteiger partial charge is 0.268 e. The zero-order valence-electron chi connectivity index (χ0n) is 16.7. The summed E-state index contributed by atoms with van der Waals surface area (Å²) in [7, 11) is 0. The van der Waals surface area contributed by atoms with Crippen molar-refractivity contribution in [3.8, 4) is 5.75 Å². The minimum Gasteiger partial charge on any atom is -0.479 e. The molecule has 1 unspecified atom stereocenters. The third-order valence-corrected chi connectivity index (χ3v) is 5.10. The van der Waals surface area contributed by atoms with Crippen LogP contribution in [0, 0.1) is 12.7 Å². The van der Waals surface area contributed by atoms with Gasteiger partial charge in [-0.15, -0.1) is 0 Å². The van der Waals surface area contributed by atoms with E-state index >= 15 is 0 Å². The molecule has 4 rings (SSSR count). The molecule has 1 aliphatic rings. The number of nitrogens with one attached hydrogen (secondary N) is 1. The van der Waals surface area contributed by atoms with Crippen LogP contribution in [0.4, 0.5) is 15.8 Å². The lowest BCUT2D eigenvalue weighted by Gasteiger charge is -2.33. The van der Waals surface area contributed by atoms with Crippen molar-refractivity contribution in [3.63, 3.8) is 0 Å². The maximum absolute atomic E-state index is 13.4. The molecule has 30 heavy (non-hydrogen) atoms. The Morgan fingerprint density at radius 1 is 1.10 bits per heavy atom. The molecule has 0 bridgehead atoms. The van der Waals surface area contributed by atoms with Crippen LogP contribution in [-0.4, -0.2) is 17.9 Å². The summed E-state index contributed by atoms with van der Waals surface area (Å²) in [6.07, 6.45) is -0.603. The zero-order valence-corrected chi connectivity index (χ0v) is 16.7. The summed E-state index contributed by atoms with van der Waals surface area (Å²) >= 11 is 0. The summed E-state index contributed by atoms with van der Waals surface area (Å²) in [6.45, 7) is 4.11. The Morgan fingerprint density at radius 2 is 1.90 bits per heavy atom. The lowest BCUT2D eigenvalue weighted by Crippen LogP contribution is -2.44. The van der Waals surface area contributed by atoms with Crippen LogP contribution in [0.25, 0.3) is 0 Å². The Bertz CT molecular complexity index is 1130. The number of nitrogens with zero attached hydrogens (tertiary/aromatic N) is 1. The average molecular weight is 404 g/mol. The predicted octanol–water partition coefficient (Wildman–Crippen LogP) is 4.70. The van der Waals surface area contributed by atoms with Gasteiger partial charge in [0.15, 0.2) is 6.10 Å². The van der Waals surface area contributed by atoms with Crippen LogP contribution in [0.2, 0.25) is 0 Å². The maximum atomic E-state index is 13.4. The molecule has 3 aromatic rings. The summed E-state index contributed by atoms with van der Waals surface area (Å²) in [6, 6.07) is 18.5. The van der Waals surface area contributed by atoms with Gasteiger partial charge in [-0.1, -0.05) is 30.3 Å². The van der Waals surface area contributed by atoms with Crippen molar-refractivity contribution in [3.05, 3.63) is 89.2 Å². The zero-order chi connectivity index (χ0) is 21.3. The van der Waals surface area contributed by atoms with E-state index in [9.17, 15) is 14.0 Å². The van der Waals surface area contributed by atoms with E-state index in [-0.39, 0.29) is 11.5 Å². The highest BCUT2D eigenvalue weighted by atomic mass is 19.1. The van der Waals surface area contributed by atoms with E-state index < -0.39 is 17.8 Å². The number of rotatable bonds is 4. The number of carbonyl (C=O) groups is 2. The van der Waals surface area contributed by atoms with E-state index in [0.717, 1.165) is 11.1 Å². The Morgan fingerprint density at radius 3 is 2.67 bits per heavy atom. The van der Waals surface area contributed by atoms with Gasteiger partial charge in [-0.05, 0) is 61.4 Å². The van der Waals surface area contributed by atoms with Crippen molar-refractivity contribution < 1.29 is 18.7 Å². The van der Waals surface area contributed by atoms with Crippen LogP contribution in [-0.2, 0) is 11.3 Å². The van der Waals surface area contributed by atoms with Gasteiger partial charge in [0.25, 0.3) is 11.8 Å². The Kier molecular flexibility index (Phi) is 5.23. The highest BCUT2D eigenvalue weighted by molar-refractivity contribution is 6.05. The van der Waals surface area contributed by atoms with Crippen LogP contribution < -0.4 is 15.0 Å². The quantitative estimate of drug-likeness (QED) is 0.686. The molecule has 0 spiro atoms. The molecule has 1 N–H and O–H groups in total. The molecule has 5 nitrogen and oxygen atoms in total. The highest BCUT2D eigenvalue weighted by Crippen LogP contribution is 2.37. The molecule has 2 amide bonds. The average Bonchev–Trinajstić information content (AvgIpc) is 2.73. The Balaban J connectivity index is 1.65. The number of benzene rings is 3. The molecule has 0 fully saturated rings. The van der Waals surface area contributed by atoms with Gasteiger partial charge in [0.1, 0.15) is 11.6 Å². The van der Waals surface area contributed by atoms with Gasteiger partial charge in [-0.25, -0.2) is 4.39 Å². The number of anilines is 2. The van der Waals surface area contributed by atoms with Crippen molar-refractivity contribution in [2.45, 2.75) is 26.5 Å². The van der Waals surface area contributed by atoms with Gasteiger partial charge in [0.05, 0.1) is 12.2 Å². The molecule has 3 aromatic carbocycles. The molecule has 1 aliphatic heterocycles. The second-order valence-electron chi connectivity index (χ2n) is 7.26. The summed E-state index contributed by atoms with van der Waals surface area (Å²) in [5, 5.41) is 2.76. The summed E-state index contributed by atoms with van der Waals surface area (Å²) in [4.78, 5) is 27.0.